The van der Waals surface area contributed by atoms with E-state index in [1.54, 1.807) is 0 Å². The van der Waals surface area contributed by atoms with Crippen LogP contribution in [0.1, 0.15) is 78.1 Å². The van der Waals surface area contributed by atoms with E-state index in [1.807, 2.05) is 0 Å². The number of hydrogen-bond acceptors (Lipinski definition) is 0. The smallest absolute Gasteiger partial charge is 0.694 e. The van der Waals surface area contributed by atoms with E-state index in [0.717, 1.165) is 25.7 Å². The van der Waals surface area contributed by atoms with Crippen molar-refractivity contribution in [2.45, 2.75) is 78.1 Å². The van der Waals surface area contributed by atoms with Crippen LogP contribution >= 0.6 is 0 Å². The number of unbranched alkanes of at least 4 members (excludes halogenated alkanes) is 8. The SMILES string of the molecule is [C-]#CCCCCCC.[C-]#CCCCCCC.[Cd+2]. The van der Waals surface area contributed by atoms with Gasteiger partial charge in [0.25, 0.3) is 0 Å². The molecular formula is C16H26Cd. The van der Waals surface area contributed by atoms with Crippen molar-refractivity contribution in [1.29, 1.82) is 0 Å². The number of hydrogen-bond donors (Lipinski definition) is 0. The molecule has 0 atom stereocenters. The van der Waals surface area contributed by atoms with Crippen LogP contribution in [-0.4, -0.2) is 0 Å². The Bertz CT molecular complexity index is 161. The molecule has 17 heavy (non-hydrogen) atoms. The fourth-order valence-electron chi connectivity index (χ4n) is 1.28. The molecular weight excluding hydrogens is 305 g/mol. The topological polar surface area (TPSA) is 0 Å². The van der Waals surface area contributed by atoms with E-state index in [0.29, 0.717) is 0 Å². The maximum absolute atomic E-state index is 6.59. The monoisotopic (exact) mass is 332 g/mol. The van der Waals surface area contributed by atoms with Crippen LogP contribution in [0.25, 0.3) is 0 Å². The summed E-state index contributed by atoms with van der Waals surface area (Å²) in [7, 11) is 0. The molecule has 0 amide bonds. The molecule has 0 rings (SSSR count). The minimum Gasteiger partial charge on any atom is -0.694 e. The molecule has 0 aromatic carbocycles. The van der Waals surface area contributed by atoms with E-state index in [9.17, 15) is 0 Å². The van der Waals surface area contributed by atoms with Crippen LogP contribution in [0.5, 0.6) is 0 Å². The molecule has 0 aromatic heterocycles. The van der Waals surface area contributed by atoms with Crippen LogP contribution in [0.15, 0.2) is 0 Å². The van der Waals surface area contributed by atoms with E-state index in [4.69, 9.17) is 12.8 Å². The Morgan fingerprint density at radius 2 is 1.00 bits per heavy atom. The van der Waals surface area contributed by atoms with Gasteiger partial charge >= 0.3 is 27.3 Å². The zero-order valence-corrected chi connectivity index (χ0v) is 15.8. The van der Waals surface area contributed by atoms with Crippen molar-refractivity contribution in [2.24, 2.45) is 0 Å². The van der Waals surface area contributed by atoms with Crippen LogP contribution in [0.4, 0.5) is 0 Å². The van der Waals surface area contributed by atoms with Crippen molar-refractivity contribution in [1.82, 2.24) is 0 Å². The van der Waals surface area contributed by atoms with Gasteiger partial charge in [-0.3, -0.25) is 0 Å². The second kappa shape index (κ2) is 25.0. The summed E-state index contributed by atoms with van der Waals surface area (Å²) < 4.78 is 0. The molecule has 1 heteroatoms. The third kappa shape index (κ3) is 31.4. The molecule has 92 valence electrons. The van der Waals surface area contributed by atoms with Crippen molar-refractivity contribution in [2.75, 3.05) is 0 Å². The molecule has 0 N–H and O–H groups in total. The van der Waals surface area contributed by atoms with Crippen molar-refractivity contribution in [3.05, 3.63) is 12.8 Å². The molecule has 0 fully saturated rings. The van der Waals surface area contributed by atoms with Crippen molar-refractivity contribution in [3.63, 3.8) is 0 Å². The predicted octanol–water partition coefficient (Wildman–Crippen LogP) is 5.09. The molecule has 0 radical (unpaired) electrons. The van der Waals surface area contributed by atoms with Gasteiger partial charge in [-0.25, -0.2) is 0 Å². The molecule has 0 saturated heterocycles. The van der Waals surface area contributed by atoms with Gasteiger partial charge < -0.3 is 24.7 Å². The standard InChI is InChI=1S/2C8H13.Cd/c2*1-3-5-7-8-6-4-2;/h2*3,5-8H2,1H3;/q2*-1;+2. The van der Waals surface area contributed by atoms with Crippen LogP contribution in [0.2, 0.25) is 0 Å². The molecule has 0 nitrogen and oxygen atoms in total. The maximum atomic E-state index is 6.59. The van der Waals surface area contributed by atoms with Gasteiger partial charge in [0.2, 0.25) is 0 Å². The Morgan fingerprint density at radius 1 is 0.647 bits per heavy atom. The van der Waals surface area contributed by atoms with Crippen LogP contribution in [0, 0.1) is 24.7 Å². The molecule has 0 aliphatic rings. The first-order valence-corrected chi connectivity index (χ1v) is 6.62. The Balaban J connectivity index is -0.000000218. The Hall–Kier alpha value is 0.0421. The van der Waals surface area contributed by atoms with E-state index in [2.05, 4.69) is 25.7 Å². The van der Waals surface area contributed by atoms with Gasteiger partial charge in [-0.05, 0) is 25.7 Å². The first-order valence-electron chi connectivity index (χ1n) is 6.62. The van der Waals surface area contributed by atoms with Gasteiger partial charge in [0.05, 0.1) is 0 Å². The maximum Gasteiger partial charge on any atom is 2.00 e. The van der Waals surface area contributed by atoms with Crippen molar-refractivity contribution < 1.29 is 27.3 Å². The second-order valence-corrected chi connectivity index (χ2v) is 3.97. The summed E-state index contributed by atoms with van der Waals surface area (Å²) in [5.41, 5.74) is 0. The minimum atomic E-state index is 0. The number of rotatable bonds is 8. The van der Waals surface area contributed by atoms with Crippen LogP contribution in [-0.2, 0) is 27.3 Å². The molecule has 0 aliphatic carbocycles. The quantitative estimate of drug-likeness (QED) is 0.252. The van der Waals surface area contributed by atoms with Gasteiger partial charge in [0, 0.05) is 0 Å². The molecule has 0 unspecified atom stereocenters. The third-order valence-corrected chi connectivity index (χ3v) is 2.31. The van der Waals surface area contributed by atoms with Gasteiger partial charge in [-0.15, -0.1) is 0 Å². The van der Waals surface area contributed by atoms with E-state index < -0.39 is 0 Å². The van der Waals surface area contributed by atoms with Crippen LogP contribution < -0.4 is 0 Å². The van der Waals surface area contributed by atoms with Crippen molar-refractivity contribution in [3.8, 4) is 11.8 Å². The normalized spacial score (nSPS) is 8.00. The summed E-state index contributed by atoms with van der Waals surface area (Å²) in [6, 6.07) is 0. The summed E-state index contributed by atoms with van der Waals surface area (Å²) in [5, 5.41) is 0. The van der Waals surface area contributed by atoms with Crippen molar-refractivity contribution >= 4 is 0 Å². The zero-order chi connectivity index (χ0) is 12.5. The Labute approximate surface area is 130 Å². The summed E-state index contributed by atoms with van der Waals surface area (Å²) in [5.74, 6) is 4.75. The van der Waals surface area contributed by atoms with Gasteiger partial charge in [-0.2, -0.15) is 0 Å². The summed E-state index contributed by atoms with van der Waals surface area (Å²) in [6.45, 7) is 4.38. The first-order chi connectivity index (χ1) is 7.83. The second-order valence-electron chi connectivity index (χ2n) is 3.97. The molecule has 0 aliphatic heterocycles. The Morgan fingerprint density at radius 3 is 1.24 bits per heavy atom. The fraction of sp³-hybridized carbons (Fsp3) is 0.750. The Kier molecular flexibility index (Phi) is 32.7. The summed E-state index contributed by atoms with van der Waals surface area (Å²) >= 11 is 0. The largest absolute Gasteiger partial charge is 2.00 e. The van der Waals surface area contributed by atoms with Gasteiger partial charge in [-0.1, -0.05) is 52.4 Å². The van der Waals surface area contributed by atoms with E-state index in [-0.39, 0.29) is 27.3 Å². The third-order valence-electron chi connectivity index (χ3n) is 2.31. The molecule has 0 heterocycles. The summed E-state index contributed by atoms with van der Waals surface area (Å²) in [4.78, 5) is 0. The van der Waals surface area contributed by atoms with Gasteiger partial charge in [0.15, 0.2) is 0 Å². The predicted molar refractivity (Wildman–Crippen MR) is 71.8 cm³/mol. The molecule has 0 aromatic rings. The fourth-order valence-corrected chi connectivity index (χ4v) is 1.28. The molecule has 0 bridgehead atoms. The summed E-state index contributed by atoms with van der Waals surface area (Å²) in [6.07, 6.45) is 24.9. The van der Waals surface area contributed by atoms with E-state index in [1.165, 1.54) is 38.5 Å². The molecule has 0 spiro atoms. The zero-order valence-electron chi connectivity index (χ0n) is 11.8. The molecule has 0 saturated carbocycles. The minimum absolute atomic E-state index is 0. The van der Waals surface area contributed by atoms with E-state index >= 15 is 0 Å². The van der Waals surface area contributed by atoms with Crippen LogP contribution in [0.3, 0.4) is 0 Å². The first kappa shape index (κ1) is 22.2. The van der Waals surface area contributed by atoms with Gasteiger partial charge in [0.1, 0.15) is 0 Å². The average molecular weight is 331 g/mol. The average Bonchev–Trinajstić information content (AvgIpc) is 2.31.